The van der Waals surface area contributed by atoms with Crippen LogP contribution in [0.5, 0.6) is 0 Å². The lowest BCUT2D eigenvalue weighted by Gasteiger charge is -2.14. The second-order valence-corrected chi connectivity index (χ2v) is 9.12. The zero-order valence-corrected chi connectivity index (χ0v) is 18.8. The molecule has 1 saturated heterocycles. The zero-order valence-electron chi connectivity index (χ0n) is 14.9. The number of halogens is 2. The maximum Gasteiger partial charge on any atom is 0.288 e. The van der Waals surface area contributed by atoms with Crippen molar-refractivity contribution >= 4 is 79.2 Å². The third-order valence-electron chi connectivity index (χ3n) is 4.19. The van der Waals surface area contributed by atoms with E-state index in [0.717, 1.165) is 4.47 Å². The van der Waals surface area contributed by atoms with Gasteiger partial charge in [-0.15, -0.1) is 0 Å². The van der Waals surface area contributed by atoms with Crippen LogP contribution in [0.2, 0.25) is 5.02 Å². The maximum atomic E-state index is 12.9. The number of benzene rings is 2. The number of hydrogen-bond acceptors (Lipinski definition) is 6. The van der Waals surface area contributed by atoms with E-state index in [4.69, 9.17) is 28.2 Å². The van der Waals surface area contributed by atoms with Crippen molar-refractivity contribution in [2.45, 2.75) is 0 Å². The van der Waals surface area contributed by atoms with Gasteiger partial charge in [-0.05, 0) is 42.5 Å². The summed E-state index contributed by atoms with van der Waals surface area (Å²) >= 11 is 15.8. The van der Waals surface area contributed by atoms with Crippen LogP contribution >= 0.6 is 51.5 Å². The monoisotopic (exact) mass is 520 g/mol. The second-order valence-electron chi connectivity index (χ2n) is 6.12. The molecule has 0 atom stereocenters. The minimum atomic E-state index is -0.553. The van der Waals surface area contributed by atoms with Crippen LogP contribution in [0.3, 0.4) is 0 Å². The lowest BCUT2D eigenvalue weighted by Crippen LogP contribution is -2.27. The summed E-state index contributed by atoms with van der Waals surface area (Å²) in [4.78, 5) is 25.3. The highest BCUT2D eigenvalue weighted by molar-refractivity contribution is 9.10. The van der Waals surface area contributed by atoms with E-state index >= 15 is 0 Å². The van der Waals surface area contributed by atoms with Crippen LogP contribution in [-0.2, 0) is 4.79 Å². The Balaban J connectivity index is 1.62. The number of rotatable bonds is 4. The SMILES string of the molecule is O=C1/C(=C\c2ccc(-c3ccc(Cl)c([N+](=O)[O-])c3)o2)SC(=S)N1c1cccc(Br)c1. The number of amides is 1. The molecular formula is C20H10BrClN2O4S2. The van der Waals surface area contributed by atoms with Gasteiger partial charge >= 0.3 is 0 Å². The average Bonchev–Trinajstić information content (AvgIpc) is 3.26. The van der Waals surface area contributed by atoms with E-state index in [1.807, 2.05) is 18.2 Å². The first-order valence-corrected chi connectivity index (χ1v) is 10.8. The molecule has 1 fully saturated rings. The Morgan fingerprint density at radius 3 is 2.73 bits per heavy atom. The molecule has 1 aromatic heterocycles. The van der Waals surface area contributed by atoms with Crippen molar-refractivity contribution in [1.29, 1.82) is 0 Å². The molecule has 0 aliphatic carbocycles. The topological polar surface area (TPSA) is 76.6 Å². The molecule has 1 amide bonds. The Kier molecular flexibility index (Phi) is 5.79. The summed E-state index contributed by atoms with van der Waals surface area (Å²) < 4.78 is 7.03. The Bertz CT molecular complexity index is 1240. The average molecular weight is 522 g/mol. The molecular weight excluding hydrogens is 512 g/mol. The number of nitro groups is 1. The molecule has 0 bridgehead atoms. The number of thioether (sulfide) groups is 1. The van der Waals surface area contributed by atoms with E-state index in [2.05, 4.69) is 15.9 Å². The highest BCUT2D eigenvalue weighted by Gasteiger charge is 2.33. The van der Waals surface area contributed by atoms with Crippen LogP contribution in [0.15, 0.2) is 68.4 Å². The highest BCUT2D eigenvalue weighted by atomic mass is 79.9. The zero-order chi connectivity index (χ0) is 21.4. The van der Waals surface area contributed by atoms with Gasteiger partial charge in [0.25, 0.3) is 11.6 Å². The van der Waals surface area contributed by atoms with E-state index < -0.39 is 4.92 Å². The normalized spacial score (nSPS) is 15.3. The van der Waals surface area contributed by atoms with Crippen LogP contribution in [0, 0.1) is 10.1 Å². The van der Waals surface area contributed by atoms with E-state index in [1.54, 1.807) is 30.3 Å². The van der Waals surface area contributed by atoms with Crippen LogP contribution in [0.25, 0.3) is 17.4 Å². The summed E-state index contributed by atoms with van der Waals surface area (Å²) in [5.41, 5.74) is 0.971. The Hall–Kier alpha value is -2.46. The minimum absolute atomic E-state index is 0.0479. The fraction of sp³-hybridized carbons (Fsp3) is 0. The van der Waals surface area contributed by atoms with Crippen molar-refractivity contribution < 1.29 is 14.1 Å². The van der Waals surface area contributed by atoms with Crippen LogP contribution in [-0.4, -0.2) is 15.2 Å². The molecule has 0 radical (unpaired) electrons. The van der Waals surface area contributed by atoms with E-state index in [9.17, 15) is 14.9 Å². The quantitative estimate of drug-likeness (QED) is 0.165. The molecule has 2 heterocycles. The molecule has 1 aliphatic rings. The van der Waals surface area contributed by atoms with Crippen molar-refractivity contribution in [3.05, 3.63) is 84.9 Å². The summed E-state index contributed by atoms with van der Waals surface area (Å²) in [6, 6.07) is 15.1. The van der Waals surface area contributed by atoms with Gasteiger partial charge in [0.1, 0.15) is 16.5 Å². The first kappa shape index (κ1) is 20.8. The smallest absolute Gasteiger partial charge is 0.288 e. The van der Waals surface area contributed by atoms with Gasteiger partial charge in [0.2, 0.25) is 0 Å². The van der Waals surface area contributed by atoms with Gasteiger partial charge in [-0.25, -0.2) is 0 Å². The predicted octanol–water partition coefficient (Wildman–Crippen LogP) is 6.68. The number of anilines is 1. The van der Waals surface area contributed by atoms with Crippen molar-refractivity contribution in [3.63, 3.8) is 0 Å². The molecule has 30 heavy (non-hydrogen) atoms. The standard InChI is InChI=1S/C20H10BrClN2O4S2/c21-12-2-1-3-13(9-12)23-19(25)18(30-20(23)29)10-14-5-7-17(28-14)11-4-6-15(22)16(8-11)24(26)27/h1-10H/b18-10+. The Morgan fingerprint density at radius 1 is 1.20 bits per heavy atom. The number of nitro benzene ring substituents is 1. The summed E-state index contributed by atoms with van der Waals surface area (Å²) in [7, 11) is 0. The molecule has 0 unspecified atom stereocenters. The number of hydrogen-bond donors (Lipinski definition) is 0. The summed E-state index contributed by atoms with van der Waals surface area (Å²) in [5, 5.41) is 11.1. The summed E-state index contributed by atoms with van der Waals surface area (Å²) in [6.07, 6.45) is 1.60. The lowest BCUT2D eigenvalue weighted by atomic mass is 10.1. The summed E-state index contributed by atoms with van der Waals surface area (Å²) in [5.74, 6) is 0.601. The number of carbonyl (C=O) groups is 1. The van der Waals surface area contributed by atoms with Crippen LogP contribution in [0.4, 0.5) is 11.4 Å². The molecule has 0 N–H and O–H groups in total. The van der Waals surface area contributed by atoms with E-state index in [1.165, 1.54) is 28.8 Å². The van der Waals surface area contributed by atoms with Gasteiger partial charge in [-0.3, -0.25) is 19.8 Å². The molecule has 4 rings (SSSR count). The van der Waals surface area contributed by atoms with Crippen molar-refractivity contribution in [1.82, 2.24) is 0 Å². The lowest BCUT2D eigenvalue weighted by molar-refractivity contribution is -0.384. The van der Waals surface area contributed by atoms with Gasteiger partial charge in [-0.1, -0.05) is 57.6 Å². The first-order valence-electron chi connectivity index (χ1n) is 8.41. The minimum Gasteiger partial charge on any atom is -0.457 e. The first-order chi connectivity index (χ1) is 14.3. The molecule has 6 nitrogen and oxygen atoms in total. The molecule has 1 aliphatic heterocycles. The van der Waals surface area contributed by atoms with Crippen molar-refractivity contribution in [2.24, 2.45) is 0 Å². The summed E-state index contributed by atoms with van der Waals surface area (Å²) in [6.45, 7) is 0. The fourth-order valence-electron chi connectivity index (χ4n) is 2.83. The van der Waals surface area contributed by atoms with E-state index in [-0.39, 0.29) is 16.6 Å². The van der Waals surface area contributed by atoms with Crippen molar-refractivity contribution in [2.75, 3.05) is 4.90 Å². The van der Waals surface area contributed by atoms with Gasteiger partial charge in [0.15, 0.2) is 4.32 Å². The van der Waals surface area contributed by atoms with Crippen LogP contribution < -0.4 is 4.90 Å². The second kappa shape index (κ2) is 8.35. The van der Waals surface area contributed by atoms with Gasteiger partial charge in [0, 0.05) is 22.2 Å². The highest BCUT2D eigenvalue weighted by Crippen LogP contribution is 2.37. The van der Waals surface area contributed by atoms with Gasteiger partial charge in [-0.2, -0.15) is 0 Å². The number of nitrogens with zero attached hydrogens (tertiary/aromatic N) is 2. The maximum absolute atomic E-state index is 12.9. The number of thiocarbonyl (C=S) groups is 1. The molecule has 2 aromatic carbocycles. The number of carbonyl (C=O) groups excluding carboxylic acids is 1. The molecule has 150 valence electrons. The van der Waals surface area contributed by atoms with Gasteiger partial charge < -0.3 is 4.42 Å². The molecule has 3 aromatic rings. The number of furan rings is 1. The fourth-order valence-corrected chi connectivity index (χ4v) is 4.68. The van der Waals surface area contributed by atoms with Crippen molar-refractivity contribution in [3.8, 4) is 11.3 Å². The molecule has 0 saturated carbocycles. The molecule has 0 spiro atoms. The molecule has 10 heteroatoms. The van der Waals surface area contributed by atoms with Gasteiger partial charge in [0.05, 0.1) is 15.5 Å². The predicted molar refractivity (Wildman–Crippen MR) is 126 cm³/mol. The Labute approximate surface area is 193 Å². The largest absolute Gasteiger partial charge is 0.457 e. The third-order valence-corrected chi connectivity index (χ3v) is 6.30. The third kappa shape index (κ3) is 4.06. The van der Waals surface area contributed by atoms with Crippen LogP contribution in [0.1, 0.15) is 5.76 Å². The van der Waals surface area contributed by atoms with E-state index in [0.29, 0.717) is 32.0 Å². The Morgan fingerprint density at radius 2 is 2.00 bits per heavy atom.